The van der Waals surface area contributed by atoms with Crippen molar-refractivity contribution in [3.8, 4) is 11.5 Å². The van der Waals surface area contributed by atoms with Gasteiger partial charge in [-0.25, -0.2) is 0 Å². The summed E-state index contributed by atoms with van der Waals surface area (Å²) in [5.74, 6) is 1.01. The lowest BCUT2D eigenvalue weighted by Crippen LogP contribution is -1.94. The number of hydrogen-bond donors (Lipinski definition) is 0. The van der Waals surface area contributed by atoms with Crippen LogP contribution in [0.15, 0.2) is 42.5 Å². The maximum atomic E-state index is 11.2. The first-order valence-corrected chi connectivity index (χ1v) is 6.06. The predicted molar refractivity (Wildman–Crippen MR) is 73.0 cm³/mol. The zero-order chi connectivity index (χ0) is 13.1. The molecule has 0 saturated carbocycles. The Morgan fingerprint density at radius 3 is 2.39 bits per heavy atom. The van der Waals surface area contributed by atoms with E-state index in [2.05, 4.69) is 0 Å². The third-order valence-corrected chi connectivity index (χ3v) is 3.01. The molecule has 2 nitrogen and oxygen atoms in total. The van der Waals surface area contributed by atoms with Crippen molar-refractivity contribution in [1.29, 1.82) is 0 Å². The first kappa shape index (κ1) is 12.9. The van der Waals surface area contributed by atoms with Gasteiger partial charge >= 0.3 is 0 Å². The van der Waals surface area contributed by atoms with E-state index in [1.165, 1.54) is 6.92 Å². The molecule has 92 valence electrons. The smallest absolute Gasteiger partial charge is 0.161 e. The molecule has 2 aromatic rings. The summed E-state index contributed by atoms with van der Waals surface area (Å²) in [6.45, 7) is 1.47. The van der Waals surface area contributed by atoms with E-state index in [1.54, 1.807) is 30.3 Å². The first-order valence-electron chi connectivity index (χ1n) is 5.31. The quantitative estimate of drug-likeness (QED) is 0.741. The Bertz CT molecular complexity index is 594. The molecule has 4 heteroatoms. The fraction of sp³-hybridized carbons (Fsp3) is 0.0714. The number of ether oxygens (including phenoxy) is 1. The molecular weight excluding hydrogens is 271 g/mol. The third kappa shape index (κ3) is 2.84. The molecule has 0 aliphatic carbocycles. The minimum absolute atomic E-state index is 0.0794. The van der Waals surface area contributed by atoms with Gasteiger partial charge in [0.15, 0.2) is 5.78 Å². The van der Waals surface area contributed by atoms with Gasteiger partial charge in [0.05, 0.1) is 10.0 Å². The molecule has 0 radical (unpaired) electrons. The molecule has 0 aliphatic heterocycles. The largest absolute Gasteiger partial charge is 0.456 e. The van der Waals surface area contributed by atoms with Crippen molar-refractivity contribution >= 4 is 29.0 Å². The number of para-hydroxylation sites is 1. The van der Waals surface area contributed by atoms with E-state index in [-0.39, 0.29) is 5.78 Å². The van der Waals surface area contributed by atoms with Crippen LogP contribution in [-0.2, 0) is 0 Å². The molecule has 0 fully saturated rings. The van der Waals surface area contributed by atoms with Crippen LogP contribution in [0.2, 0.25) is 10.0 Å². The Hall–Kier alpha value is -1.51. The Morgan fingerprint density at radius 1 is 1.06 bits per heavy atom. The van der Waals surface area contributed by atoms with Gasteiger partial charge in [0.2, 0.25) is 0 Å². The highest BCUT2D eigenvalue weighted by Gasteiger charge is 2.08. The lowest BCUT2D eigenvalue weighted by molar-refractivity contribution is 0.101. The number of benzene rings is 2. The molecule has 2 aromatic carbocycles. The summed E-state index contributed by atoms with van der Waals surface area (Å²) >= 11 is 12.0. The highest BCUT2D eigenvalue weighted by atomic mass is 35.5. The molecule has 0 spiro atoms. The summed E-state index contributed by atoms with van der Waals surface area (Å²) in [4.78, 5) is 11.2. The summed E-state index contributed by atoms with van der Waals surface area (Å²) in [5.41, 5.74) is 0.475. The van der Waals surface area contributed by atoms with Crippen molar-refractivity contribution in [2.24, 2.45) is 0 Å². The summed E-state index contributed by atoms with van der Waals surface area (Å²) in [5, 5.41) is 0.885. The molecule has 2 rings (SSSR count). The van der Waals surface area contributed by atoms with Crippen LogP contribution in [0.4, 0.5) is 0 Å². The van der Waals surface area contributed by atoms with Crippen molar-refractivity contribution in [3.63, 3.8) is 0 Å². The molecule has 0 aromatic heterocycles. The average Bonchev–Trinajstić information content (AvgIpc) is 2.32. The average molecular weight is 281 g/mol. The molecule has 18 heavy (non-hydrogen) atoms. The van der Waals surface area contributed by atoms with Crippen LogP contribution in [0.5, 0.6) is 11.5 Å². The Labute approximate surface area is 115 Å². The molecule has 0 amide bonds. The van der Waals surface area contributed by atoms with Crippen LogP contribution < -0.4 is 4.74 Å². The zero-order valence-corrected chi connectivity index (χ0v) is 11.1. The topological polar surface area (TPSA) is 26.3 Å². The van der Waals surface area contributed by atoms with Crippen LogP contribution in [0.25, 0.3) is 0 Å². The number of halogens is 2. The molecule has 0 heterocycles. The van der Waals surface area contributed by atoms with Gasteiger partial charge < -0.3 is 4.74 Å². The number of hydrogen-bond acceptors (Lipinski definition) is 2. The fourth-order valence-corrected chi connectivity index (χ4v) is 1.98. The second-order valence-corrected chi connectivity index (χ2v) is 4.54. The second-order valence-electron chi connectivity index (χ2n) is 3.73. The van der Waals surface area contributed by atoms with Crippen molar-refractivity contribution in [2.45, 2.75) is 6.92 Å². The molecular formula is C14H10Cl2O2. The van der Waals surface area contributed by atoms with Crippen LogP contribution in [-0.4, -0.2) is 5.78 Å². The maximum Gasteiger partial charge on any atom is 0.161 e. The van der Waals surface area contributed by atoms with Gasteiger partial charge in [-0.3, -0.25) is 4.79 Å². The monoisotopic (exact) mass is 280 g/mol. The fourth-order valence-electron chi connectivity index (χ4n) is 1.50. The second kappa shape index (κ2) is 5.42. The van der Waals surface area contributed by atoms with E-state index < -0.39 is 0 Å². The van der Waals surface area contributed by atoms with E-state index in [4.69, 9.17) is 27.9 Å². The van der Waals surface area contributed by atoms with E-state index in [1.807, 2.05) is 12.1 Å². The molecule has 0 aliphatic rings. The maximum absolute atomic E-state index is 11.2. The number of carbonyl (C=O) groups excluding carboxylic acids is 1. The van der Waals surface area contributed by atoms with Crippen molar-refractivity contribution in [3.05, 3.63) is 58.1 Å². The van der Waals surface area contributed by atoms with Gasteiger partial charge in [0, 0.05) is 11.6 Å². The molecule has 0 bridgehead atoms. The van der Waals surface area contributed by atoms with E-state index >= 15 is 0 Å². The van der Waals surface area contributed by atoms with E-state index in [9.17, 15) is 4.79 Å². The molecule has 0 saturated heterocycles. The van der Waals surface area contributed by atoms with Gasteiger partial charge in [-0.2, -0.15) is 0 Å². The Kier molecular flexibility index (Phi) is 3.90. The number of ketones is 1. The highest BCUT2D eigenvalue weighted by molar-refractivity contribution is 6.34. The van der Waals surface area contributed by atoms with Gasteiger partial charge in [-0.15, -0.1) is 0 Å². The number of carbonyl (C=O) groups is 1. The van der Waals surface area contributed by atoms with Crippen LogP contribution in [0, 0.1) is 0 Å². The lowest BCUT2D eigenvalue weighted by atomic mass is 10.1. The van der Waals surface area contributed by atoms with Crippen LogP contribution >= 0.6 is 23.2 Å². The summed E-state index contributed by atoms with van der Waals surface area (Å²) in [6, 6.07) is 12.1. The molecule has 0 atom stereocenters. The summed E-state index contributed by atoms with van der Waals surface area (Å²) < 4.78 is 5.60. The van der Waals surface area contributed by atoms with Gasteiger partial charge in [-0.05, 0) is 31.2 Å². The Morgan fingerprint density at radius 2 is 1.78 bits per heavy atom. The summed E-state index contributed by atoms with van der Waals surface area (Å²) in [6.07, 6.45) is 0. The zero-order valence-electron chi connectivity index (χ0n) is 9.61. The van der Waals surface area contributed by atoms with Crippen LogP contribution in [0.3, 0.4) is 0 Å². The van der Waals surface area contributed by atoms with Crippen molar-refractivity contribution in [1.82, 2.24) is 0 Å². The molecule has 0 N–H and O–H groups in total. The minimum Gasteiger partial charge on any atom is -0.456 e. The first-order chi connectivity index (χ1) is 8.58. The minimum atomic E-state index is -0.0794. The van der Waals surface area contributed by atoms with E-state index in [0.717, 1.165) is 0 Å². The lowest BCUT2D eigenvalue weighted by Gasteiger charge is -2.08. The van der Waals surface area contributed by atoms with Gasteiger partial charge in [0.25, 0.3) is 0 Å². The third-order valence-electron chi connectivity index (χ3n) is 2.38. The van der Waals surface area contributed by atoms with Crippen molar-refractivity contribution < 1.29 is 9.53 Å². The van der Waals surface area contributed by atoms with Gasteiger partial charge in [0.1, 0.15) is 11.5 Å². The molecule has 0 unspecified atom stereocenters. The Balaban J connectivity index is 2.29. The standard InChI is InChI=1S/C14H10Cl2O2/c1-9(17)11-7-6-10(8-13(11)16)18-14-5-3-2-4-12(14)15/h2-8H,1H3. The SMILES string of the molecule is CC(=O)c1ccc(Oc2ccccc2Cl)cc1Cl. The normalized spacial score (nSPS) is 10.2. The number of Topliss-reactive ketones (excluding diaryl/α,β-unsaturated/α-hetero) is 1. The van der Waals surface area contributed by atoms with Crippen LogP contribution in [0.1, 0.15) is 17.3 Å². The number of rotatable bonds is 3. The van der Waals surface area contributed by atoms with Crippen molar-refractivity contribution in [2.75, 3.05) is 0 Å². The van der Waals surface area contributed by atoms with Gasteiger partial charge in [-0.1, -0.05) is 35.3 Å². The predicted octanol–water partition coefficient (Wildman–Crippen LogP) is 4.99. The van der Waals surface area contributed by atoms with E-state index in [0.29, 0.717) is 27.1 Å². The highest BCUT2D eigenvalue weighted by Crippen LogP contribution is 2.31. The summed E-state index contributed by atoms with van der Waals surface area (Å²) in [7, 11) is 0.